The predicted molar refractivity (Wildman–Crippen MR) is 76.0 cm³/mol. The van der Waals surface area contributed by atoms with Crippen LogP contribution in [-0.2, 0) is 0 Å². The van der Waals surface area contributed by atoms with Gasteiger partial charge in [0.05, 0.1) is 6.07 Å². The predicted octanol–water partition coefficient (Wildman–Crippen LogP) is 4.74. The molecule has 0 atom stereocenters. The molecule has 0 fully saturated rings. The summed E-state index contributed by atoms with van der Waals surface area (Å²) in [5.41, 5.74) is 0. The molecule has 3 nitrogen and oxygen atoms in total. The third kappa shape index (κ3) is 3.20. The van der Waals surface area contributed by atoms with E-state index in [1.807, 2.05) is 18.2 Å². The minimum absolute atomic E-state index is 0.167. The average Bonchev–Trinajstić information content (AvgIpc) is 2.53. The van der Waals surface area contributed by atoms with Gasteiger partial charge in [-0.2, -0.15) is 4.39 Å². The number of benzene rings is 2. The molecule has 0 aliphatic heterocycles. The Morgan fingerprint density at radius 1 is 0.864 bits per heavy atom. The highest BCUT2D eigenvalue weighted by Crippen LogP contribution is 2.28. The molecule has 2 aromatic carbocycles. The Labute approximate surface area is 125 Å². The van der Waals surface area contributed by atoms with Gasteiger partial charge in [-0.05, 0) is 24.3 Å². The first kappa shape index (κ1) is 14.0. The molecule has 109 valence electrons. The number of nitrogens with zero attached hydrogens (tertiary/aromatic N) is 1. The van der Waals surface area contributed by atoms with E-state index in [1.54, 1.807) is 12.1 Å². The van der Waals surface area contributed by atoms with Crippen LogP contribution in [0, 0.1) is 17.7 Å². The van der Waals surface area contributed by atoms with Gasteiger partial charge in [0.2, 0.25) is 11.7 Å². The standard InChI is InChI=1S/C17H10F2NO2/c18-14-7-4-8-15(17(14)19)21-13-9-10-20-16(11-13)22-12-5-2-1-3-6-12/h1-10H. The maximum atomic E-state index is 13.6. The van der Waals surface area contributed by atoms with Crippen LogP contribution in [0.2, 0.25) is 0 Å². The van der Waals surface area contributed by atoms with E-state index in [0.717, 1.165) is 6.07 Å². The van der Waals surface area contributed by atoms with Crippen molar-refractivity contribution in [3.05, 3.63) is 78.5 Å². The van der Waals surface area contributed by atoms with Crippen LogP contribution in [0.15, 0.2) is 60.8 Å². The van der Waals surface area contributed by atoms with Crippen LogP contribution >= 0.6 is 0 Å². The summed E-state index contributed by atoms with van der Waals surface area (Å²) in [4.78, 5) is 3.99. The maximum Gasteiger partial charge on any atom is 0.231 e. The van der Waals surface area contributed by atoms with E-state index < -0.39 is 11.6 Å². The Balaban J connectivity index is 1.81. The molecular weight excluding hydrogens is 288 g/mol. The highest BCUT2D eigenvalue weighted by Gasteiger charge is 2.10. The van der Waals surface area contributed by atoms with E-state index in [2.05, 4.69) is 11.1 Å². The minimum atomic E-state index is -1.06. The molecule has 0 N–H and O–H groups in total. The number of ether oxygens (including phenoxy) is 2. The second-order valence-corrected chi connectivity index (χ2v) is 4.31. The van der Waals surface area contributed by atoms with Crippen LogP contribution < -0.4 is 9.47 Å². The van der Waals surface area contributed by atoms with Crippen molar-refractivity contribution in [2.75, 3.05) is 0 Å². The summed E-state index contributed by atoms with van der Waals surface area (Å²) in [7, 11) is 0. The summed E-state index contributed by atoms with van der Waals surface area (Å²) in [6, 6.07) is 16.9. The first-order valence-corrected chi connectivity index (χ1v) is 6.45. The molecule has 0 aliphatic carbocycles. The SMILES string of the molecule is Fc1cccc(Oc2[c]c(Oc3ccccc3)ncc2)c1F. The lowest BCUT2D eigenvalue weighted by molar-refractivity contribution is 0.408. The van der Waals surface area contributed by atoms with Gasteiger partial charge in [0.25, 0.3) is 0 Å². The molecule has 0 saturated carbocycles. The normalized spacial score (nSPS) is 10.3. The summed E-state index contributed by atoms with van der Waals surface area (Å²) < 4.78 is 37.5. The van der Waals surface area contributed by atoms with Gasteiger partial charge in [0, 0.05) is 12.3 Å². The Hall–Kier alpha value is -2.95. The fraction of sp³-hybridized carbons (Fsp3) is 0. The van der Waals surface area contributed by atoms with Crippen LogP contribution in [0.4, 0.5) is 8.78 Å². The molecule has 3 aromatic rings. The zero-order valence-electron chi connectivity index (χ0n) is 11.3. The topological polar surface area (TPSA) is 31.4 Å². The Morgan fingerprint density at radius 3 is 2.50 bits per heavy atom. The van der Waals surface area contributed by atoms with Crippen molar-refractivity contribution >= 4 is 0 Å². The molecule has 1 aromatic heterocycles. The van der Waals surface area contributed by atoms with Crippen LogP contribution in [-0.4, -0.2) is 4.98 Å². The van der Waals surface area contributed by atoms with Gasteiger partial charge in [-0.1, -0.05) is 24.3 Å². The van der Waals surface area contributed by atoms with E-state index in [4.69, 9.17) is 9.47 Å². The van der Waals surface area contributed by atoms with E-state index in [9.17, 15) is 8.78 Å². The summed E-state index contributed by atoms with van der Waals surface area (Å²) >= 11 is 0. The van der Waals surface area contributed by atoms with Crippen molar-refractivity contribution in [2.45, 2.75) is 0 Å². The number of aromatic nitrogens is 1. The Bertz CT molecular complexity index is 779. The fourth-order valence-electron chi connectivity index (χ4n) is 1.74. The van der Waals surface area contributed by atoms with E-state index in [0.29, 0.717) is 5.75 Å². The zero-order valence-corrected chi connectivity index (χ0v) is 11.3. The first-order chi connectivity index (χ1) is 10.7. The quantitative estimate of drug-likeness (QED) is 0.697. The lowest BCUT2D eigenvalue weighted by Gasteiger charge is -2.08. The molecule has 1 heterocycles. The van der Waals surface area contributed by atoms with Crippen LogP contribution in [0.25, 0.3) is 0 Å². The number of para-hydroxylation sites is 1. The van der Waals surface area contributed by atoms with Gasteiger partial charge in [0.1, 0.15) is 11.5 Å². The zero-order chi connectivity index (χ0) is 15.4. The molecular formula is C17H10F2NO2. The number of halogens is 2. The van der Waals surface area contributed by atoms with Gasteiger partial charge in [-0.25, -0.2) is 9.37 Å². The average molecular weight is 298 g/mol. The van der Waals surface area contributed by atoms with Crippen molar-refractivity contribution in [1.29, 1.82) is 0 Å². The molecule has 1 radical (unpaired) electrons. The van der Waals surface area contributed by atoms with Gasteiger partial charge in [-0.15, -0.1) is 0 Å². The Kier molecular flexibility index (Phi) is 3.96. The molecule has 22 heavy (non-hydrogen) atoms. The van der Waals surface area contributed by atoms with Crippen LogP contribution in [0.5, 0.6) is 23.1 Å². The molecule has 0 aliphatic rings. The number of hydrogen-bond acceptors (Lipinski definition) is 3. The van der Waals surface area contributed by atoms with Crippen molar-refractivity contribution in [3.63, 3.8) is 0 Å². The van der Waals surface area contributed by atoms with Gasteiger partial charge in [0.15, 0.2) is 11.6 Å². The minimum Gasteiger partial charge on any atom is -0.453 e. The van der Waals surface area contributed by atoms with Gasteiger partial charge >= 0.3 is 0 Å². The molecule has 3 rings (SSSR count). The molecule has 0 saturated heterocycles. The van der Waals surface area contributed by atoms with E-state index in [1.165, 1.54) is 24.4 Å². The molecule has 0 unspecified atom stereocenters. The number of hydrogen-bond donors (Lipinski definition) is 0. The van der Waals surface area contributed by atoms with Crippen molar-refractivity contribution in [2.24, 2.45) is 0 Å². The first-order valence-electron chi connectivity index (χ1n) is 6.45. The smallest absolute Gasteiger partial charge is 0.231 e. The molecule has 5 heteroatoms. The summed E-state index contributed by atoms with van der Waals surface area (Å²) in [6.07, 6.45) is 1.43. The van der Waals surface area contributed by atoms with Crippen LogP contribution in [0.3, 0.4) is 0 Å². The summed E-state index contributed by atoms with van der Waals surface area (Å²) in [5, 5.41) is 0. The van der Waals surface area contributed by atoms with E-state index in [-0.39, 0.29) is 17.4 Å². The fourth-order valence-corrected chi connectivity index (χ4v) is 1.74. The monoisotopic (exact) mass is 298 g/mol. The third-order valence-electron chi connectivity index (χ3n) is 2.74. The molecule has 0 bridgehead atoms. The molecule has 0 amide bonds. The van der Waals surface area contributed by atoms with Crippen molar-refractivity contribution < 1.29 is 18.3 Å². The Morgan fingerprint density at radius 2 is 1.68 bits per heavy atom. The lowest BCUT2D eigenvalue weighted by Crippen LogP contribution is -1.93. The lowest BCUT2D eigenvalue weighted by atomic mass is 10.3. The largest absolute Gasteiger partial charge is 0.453 e. The summed E-state index contributed by atoms with van der Waals surface area (Å²) in [5.74, 6) is -1.34. The molecule has 0 spiro atoms. The summed E-state index contributed by atoms with van der Waals surface area (Å²) in [6.45, 7) is 0. The van der Waals surface area contributed by atoms with Crippen molar-refractivity contribution in [3.8, 4) is 23.1 Å². The number of rotatable bonds is 4. The maximum absolute atomic E-state index is 13.6. The van der Waals surface area contributed by atoms with Gasteiger partial charge < -0.3 is 9.47 Å². The van der Waals surface area contributed by atoms with Gasteiger partial charge in [-0.3, -0.25) is 0 Å². The highest BCUT2D eigenvalue weighted by molar-refractivity contribution is 5.34. The second-order valence-electron chi connectivity index (χ2n) is 4.31. The van der Waals surface area contributed by atoms with Crippen LogP contribution in [0.1, 0.15) is 0 Å². The second kappa shape index (κ2) is 6.22. The van der Waals surface area contributed by atoms with E-state index >= 15 is 0 Å². The van der Waals surface area contributed by atoms with Crippen molar-refractivity contribution in [1.82, 2.24) is 4.98 Å². The highest BCUT2D eigenvalue weighted by atomic mass is 19.2. The number of pyridine rings is 1. The third-order valence-corrected chi connectivity index (χ3v) is 2.74.